The first-order valence-corrected chi connectivity index (χ1v) is 6.82. The number of nitrogens with zero attached hydrogens (tertiary/aromatic N) is 1. The first-order chi connectivity index (χ1) is 8.35. The highest BCUT2D eigenvalue weighted by atomic mass is 32.1. The van der Waals surface area contributed by atoms with Gasteiger partial charge in [-0.05, 0) is 43.7 Å². The van der Waals surface area contributed by atoms with E-state index in [-0.39, 0.29) is 0 Å². The molecule has 1 unspecified atom stereocenters. The molecule has 1 saturated carbocycles. The minimum absolute atomic E-state index is 0.426. The number of nitrogens with one attached hydrogen (secondary N) is 1. The third kappa shape index (κ3) is 3.19. The largest absolute Gasteiger partial charge is 0.389 e. The standard InChI is InChI=1S/C14H21N3S/c1-9-6-10(13(15)18)7-12(16-9)17-11-4-5-14(2,3)8-11/h6-7,11H,4-5,8H2,1-3H3,(H2,15,18)(H,16,17). The number of hydrogen-bond acceptors (Lipinski definition) is 3. The molecule has 3 N–H and O–H groups in total. The minimum Gasteiger partial charge on any atom is -0.389 e. The summed E-state index contributed by atoms with van der Waals surface area (Å²) in [5.41, 5.74) is 7.95. The molecule has 0 saturated heterocycles. The molecule has 1 aliphatic rings. The SMILES string of the molecule is Cc1cc(C(N)=S)cc(NC2CCC(C)(C)C2)n1. The fourth-order valence-corrected chi connectivity index (χ4v) is 2.77. The van der Waals surface area contributed by atoms with E-state index >= 15 is 0 Å². The second-order valence-electron chi connectivity index (χ2n) is 5.99. The molecule has 1 aromatic rings. The van der Waals surface area contributed by atoms with Crippen molar-refractivity contribution in [3.05, 3.63) is 23.4 Å². The Kier molecular flexibility index (Phi) is 3.57. The van der Waals surface area contributed by atoms with E-state index in [1.54, 1.807) is 0 Å². The number of nitrogens with two attached hydrogens (primary N) is 1. The van der Waals surface area contributed by atoms with E-state index in [0.29, 0.717) is 16.4 Å². The molecule has 1 atom stereocenters. The quantitative estimate of drug-likeness (QED) is 0.823. The molecule has 0 aromatic carbocycles. The summed E-state index contributed by atoms with van der Waals surface area (Å²) in [6, 6.07) is 4.38. The van der Waals surface area contributed by atoms with Crippen molar-refractivity contribution in [1.82, 2.24) is 4.98 Å². The minimum atomic E-state index is 0.426. The number of aromatic nitrogens is 1. The molecule has 0 radical (unpaired) electrons. The van der Waals surface area contributed by atoms with E-state index in [4.69, 9.17) is 18.0 Å². The normalized spacial score (nSPS) is 21.8. The van der Waals surface area contributed by atoms with Crippen LogP contribution in [0.4, 0.5) is 5.82 Å². The van der Waals surface area contributed by atoms with Crippen LogP contribution in [0.2, 0.25) is 0 Å². The molecule has 3 nitrogen and oxygen atoms in total. The molecule has 0 spiro atoms. The van der Waals surface area contributed by atoms with E-state index < -0.39 is 0 Å². The molecule has 98 valence electrons. The van der Waals surface area contributed by atoms with Gasteiger partial charge in [0.15, 0.2) is 0 Å². The van der Waals surface area contributed by atoms with Crippen molar-refractivity contribution in [3.8, 4) is 0 Å². The van der Waals surface area contributed by atoms with Gasteiger partial charge in [-0.2, -0.15) is 0 Å². The molecule has 1 aliphatic carbocycles. The molecule has 2 rings (SSSR count). The zero-order chi connectivity index (χ0) is 13.3. The summed E-state index contributed by atoms with van der Waals surface area (Å²) in [7, 11) is 0. The van der Waals surface area contributed by atoms with Gasteiger partial charge in [0, 0.05) is 17.3 Å². The lowest BCUT2D eigenvalue weighted by Gasteiger charge is -2.18. The summed E-state index contributed by atoms with van der Waals surface area (Å²) >= 11 is 5.02. The van der Waals surface area contributed by atoms with Gasteiger partial charge in [0.1, 0.15) is 10.8 Å². The Hall–Kier alpha value is -1.16. The fraction of sp³-hybridized carbons (Fsp3) is 0.571. The smallest absolute Gasteiger partial charge is 0.127 e. The van der Waals surface area contributed by atoms with Crippen LogP contribution in [0, 0.1) is 12.3 Å². The van der Waals surface area contributed by atoms with Crippen molar-refractivity contribution in [1.29, 1.82) is 0 Å². The molecule has 1 heterocycles. The van der Waals surface area contributed by atoms with Crippen LogP contribution in [0.25, 0.3) is 0 Å². The van der Waals surface area contributed by atoms with Crippen LogP contribution in [0.1, 0.15) is 44.4 Å². The molecule has 4 heteroatoms. The van der Waals surface area contributed by atoms with Gasteiger partial charge in [-0.25, -0.2) is 4.98 Å². The van der Waals surface area contributed by atoms with Gasteiger partial charge in [-0.1, -0.05) is 26.1 Å². The van der Waals surface area contributed by atoms with Crippen molar-refractivity contribution in [2.75, 3.05) is 5.32 Å². The number of anilines is 1. The highest BCUT2D eigenvalue weighted by Crippen LogP contribution is 2.38. The van der Waals surface area contributed by atoms with Gasteiger partial charge in [0.05, 0.1) is 0 Å². The van der Waals surface area contributed by atoms with Crippen molar-refractivity contribution < 1.29 is 0 Å². The van der Waals surface area contributed by atoms with E-state index in [1.165, 1.54) is 19.3 Å². The van der Waals surface area contributed by atoms with Crippen molar-refractivity contribution in [3.63, 3.8) is 0 Å². The van der Waals surface area contributed by atoms with Crippen LogP contribution in [0.3, 0.4) is 0 Å². The predicted molar refractivity (Wildman–Crippen MR) is 79.9 cm³/mol. The molecule has 1 fully saturated rings. The molecule has 18 heavy (non-hydrogen) atoms. The van der Waals surface area contributed by atoms with Crippen LogP contribution in [0.15, 0.2) is 12.1 Å². The average molecular weight is 263 g/mol. The summed E-state index contributed by atoms with van der Waals surface area (Å²) < 4.78 is 0. The number of aryl methyl sites for hydroxylation is 1. The Balaban J connectivity index is 2.12. The molecule has 1 aromatic heterocycles. The van der Waals surface area contributed by atoms with Gasteiger partial charge < -0.3 is 11.1 Å². The summed E-state index contributed by atoms with van der Waals surface area (Å²) in [5, 5.41) is 3.51. The maximum absolute atomic E-state index is 5.68. The van der Waals surface area contributed by atoms with Crippen LogP contribution in [-0.4, -0.2) is 16.0 Å². The Morgan fingerprint density at radius 2 is 2.22 bits per heavy atom. The van der Waals surface area contributed by atoms with Gasteiger partial charge in [0.2, 0.25) is 0 Å². The maximum Gasteiger partial charge on any atom is 0.127 e. The molecular formula is C14H21N3S. The van der Waals surface area contributed by atoms with E-state index in [9.17, 15) is 0 Å². The first kappa shape index (κ1) is 13.3. The topological polar surface area (TPSA) is 50.9 Å². The number of rotatable bonds is 3. The van der Waals surface area contributed by atoms with Crippen LogP contribution < -0.4 is 11.1 Å². The van der Waals surface area contributed by atoms with Gasteiger partial charge in [-0.3, -0.25) is 0 Å². The lowest BCUT2D eigenvalue weighted by Crippen LogP contribution is -2.19. The second-order valence-corrected chi connectivity index (χ2v) is 6.43. The molecule has 0 amide bonds. The van der Waals surface area contributed by atoms with Crippen LogP contribution in [-0.2, 0) is 0 Å². The second kappa shape index (κ2) is 4.84. The number of pyridine rings is 1. The maximum atomic E-state index is 5.68. The van der Waals surface area contributed by atoms with Crippen molar-refractivity contribution in [2.24, 2.45) is 11.1 Å². The van der Waals surface area contributed by atoms with Gasteiger partial charge >= 0.3 is 0 Å². The molecular weight excluding hydrogens is 242 g/mol. The zero-order valence-electron chi connectivity index (χ0n) is 11.3. The van der Waals surface area contributed by atoms with Crippen LogP contribution >= 0.6 is 12.2 Å². The monoisotopic (exact) mass is 263 g/mol. The first-order valence-electron chi connectivity index (χ1n) is 6.41. The van der Waals surface area contributed by atoms with E-state index in [2.05, 4.69) is 24.1 Å². The molecule has 0 bridgehead atoms. The van der Waals surface area contributed by atoms with E-state index in [0.717, 1.165) is 17.1 Å². The van der Waals surface area contributed by atoms with Gasteiger partial charge in [-0.15, -0.1) is 0 Å². The third-order valence-electron chi connectivity index (χ3n) is 3.56. The third-order valence-corrected chi connectivity index (χ3v) is 3.79. The summed E-state index contributed by atoms with van der Waals surface area (Å²) in [6.07, 6.45) is 3.65. The number of thiocarbonyl (C=S) groups is 1. The highest BCUT2D eigenvalue weighted by molar-refractivity contribution is 7.80. The van der Waals surface area contributed by atoms with Crippen LogP contribution in [0.5, 0.6) is 0 Å². The Morgan fingerprint density at radius 3 is 2.78 bits per heavy atom. The Bertz CT molecular complexity index is 468. The lowest BCUT2D eigenvalue weighted by atomic mass is 9.92. The van der Waals surface area contributed by atoms with Gasteiger partial charge in [0.25, 0.3) is 0 Å². The predicted octanol–water partition coefficient (Wildman–Crippen LogP) is 3.01. The lowest BCUT2D eigenvalue weighted by molar-refractivity contribution is 0.378. The fourth-order valence-electron chi connectivity index (χ4n) is 2.65. The summed E-state index contributed by atoms with van der Waals surface area (Å²) in [5.74, 6) is 0.889. The Morgan fingerprint density at radius 1 is 1.50 bits per heavy atom. The molecule has 0 aliphatic heterocycles. The van der Waals surface area contributed by atoms with Crippen molar-refractivity contribution in [2.45, 2.75) is 46.1 Å². The zero-order valence-corrected chi connectivity index (χ0v) is 12.1. The Labute approximate surface area is 114 Å². The summed E-state index contributed by atoms with van der Waals surface area (Å²) in [6.45, 7) is 6.60. The summed E-state index contributed by atoms with van der Waals surface area (Å²) in [4.78, 5) is 4.93. The van der Waals surface area contributed by atoms with Crippen molar-refractivity contribution >= 4 is 23.0 Å². The number of hydrogen-bond donors (Lipinski definition) is 2. The highest BCUT2D eigenvalue weighted by Gasteiger charge is 2.30. The average Bonchev–Trinajstić information content (AvgIpc) is 2.57. The van der Waals surface area contributed by atoms with E-state index in [1.807, 2.05) is 19.1 Å².